The van der Waals surface area contributed by atoms with Gasteiger partial charge in [-0.3, -0.25) is 9.48 Å². The Morgan fingerprint density at radius 3 is 2.57 bits per heavy atom. The van der Waals surface area contributed by atoms with Crippen molar-refractivity contribution in [3.63, 3.8) is 0 Å². The Morgan fingerprint density at radius 2 is 1.94 bits per heavy atom. The van der Waals surface area contributed by atoms with Gasteiger partial charge in [-0.2, -0.15) is 5.10 Å². The van der Waals surface area contributed by atoms with Crippen molar-refractivity contribution in [2.75, 3.05) is 7.11 Å². The van der Waals surface area contributed by atoms with Gasteiger partial charge in [0.05, 0.1) is 19.2 Å². The van der Waals surface area contributed by atoms with Gasteiger partial charge in [-0.25, -0.2) is 31.3 Å². The zero-order valence-electron chi connectivity index (χ0n) is 19.5. The Labute approximate surface area is 201 Å². The molecule has 0 aliphatic carbocycles. The highest BCUT2D eigenvalue weighted by Crippen LogP contribution is 2.33. The molecule has 8 nitrogen and oxygen atoms in total. The summed E-state index contributed by atoms with van der Waals surface area (Å²) >= 11 is 0. The molecule has 0 atom stereocenters. The Kier molecular flexibility index (Phi) is 7.83. The molecule has 12 heteroatoms. The molecule has 0 radical (unpaired) electrons. The summed E-state index contributed by atoms with van der Waals surface area (Å²) in [5.74, 6) is -1.28. The lowest BCUT2D eigenvalue weighted by Gasteiger charge is -2.18. The number of amides is 1. The number of rotatable bonds is 9. The predicted molar refractivity (Wildman–Crippen MR) is 122 cm³/mol. The summed E-state index contributed by atoms with van der Waals surface area (Å²) in [6.45, 7) is 4.21. The van der Waals surface area contributed by atoms with Crippen LogP contribution in [0.25, 0.3) is 11.1 Å². The van der Waals surface area contributed by atoms with Crippen LogP contribution in [-0.2, 0) is 27.8 Å². The van der Waals surface area contributed by atoms with Crippen molar-refractivity contribution in [3.8, 4) is 17.0 Å². The molecule has 2 heterocycles. The molecule has 188 valence electrons. The highest BCUT2D eigenvalue weighted by Gasteiger charge is 2.25. The average molecular weight is 511 g/mol. The summed E-state index contributed by atoms with van der Waals surface area (Å²) in [5.41, 5.74) is 1.87. The number of ether oxygens (including phenoxy) is 1. The molecule has 1 aromatic carbocycles. The van der Waals surface area contributed by atoms with Crippen LogP contribution in [0.2, 0.25) is 0 Å². The third kappa shape index (κ3) is 6.18. The molecule has 0 saturated heterocycles. The van der Waals surface area contributed by atoms with Crippen LogP contribution < -0.4 is 9.46 Å². The third-order valence-electron chi connectivity index (χ3n) is 5.23. The summed E-state index contributed by atoms with van der Waals surface area (Å²) in [4.78, 5) is 16.5. The normalized spacial score (nSPS) is 11.8. The lowest BCUT2D eigenvalue weighted by molar-refractivity contribution is -0.118. The van der Waals surface area contributed by atoms with Crippen LogP contribution in [0.1, 0.15) is 36.6 Å². The lowest BCUT2D eigenvalue weighted by atomic mass is 9.88. The molecule has 0 aliphatic heterocycles. The smallest absolute Gasteiger partial charge is 0.267 e. The van der Waals surface area contributed by atoms with E-state index in [9.17, 15) is 26.4 Å². The van der Waals surface area contributed by atoms with E-state index in [1.807, 2.05) is 18.6 Å². The van der Waals surface area contributed by atoms with Gasteiger partial charge in [-0.05, 0) is 53.3 Å². The molecule has 2 aromatic heterocycles. The molecule has 1 amide bonds. The van der Waals surface area contributed by atoms with E-state index in [4.69, 9.17) is 4.74 Å². The van der Waals surface area contributed by atoms with Gasteiger partial charge in [0, 0.05) is 18.5 Å². The zero-order valence-corrected chi connectivity index (χ0v) is 20.4. The van der Waals surface area contributed by atoms with Crippen LogP contribution in [-0.4, -0.2) is 42.6 Å². The number of alkyl halides is 2. The van der Waals surface area contributed by atoms with Crippen LogP contribution in [0.4, 0.5) is 13.2 Å². The Bertz CT molecular complexity index is 1340. The topological polar surface area (TPSA) is 103 Å². The number of carbonyl (C=O) groups is 1. The number of carbonyl (C=O) groups excluding carboxylic acids is 1. The van der Waals surface area contributed by atoms with Crippen molar-refractivity contribution >= 4 is 15.9 Å². The van der Waals surface area contributed by atoms with Gasteiger partial charge in [0.2, 0.25) is 11.8 Å². The number of aromatic nitrogens is 3. The molecule has 0 bridgehead atoms. The fraction of sp³-hybridized carbons (Fsp3) is 0.348. The lowest BCUT2D eigenvalue weighted by Crippen LogP contribution is -2.32. The second-order valence-electron chi connectivity index (χ2n) is 8.16. The molecule has 3 aromatic rings. The first-order chi connectivity index (χ1) is 16.4. The SMILES string of the molecule is COc1cc(-c2cc(F)cc(C(C)C)c2CC(=O)NS(=O)(=O)c2cn(CC(F)F)nc2C)ccn1. The minimum atomic E-state index is -4.39. The largest absolute Gasteiger partial charge is 0.481 e. The fourth-order valence-electron chi connectivity index (χ4n) is 3.72. The summed E-state index contributed by atoms with van der Waals surface area (Å²) in [6, 6.07) is 5.77. The van der Waals surface area contributed by atoms with Crippen molar-refractivity contribution in [1.82, 2.24) is 19.5 Å². The van der Waals surface area contributed by atoms with Crippen LogP contribution >= 0.6 is 0 Å². The van der Waals surface area contributed by atoms with Gasteiger partial charge in [-0.1, -0.05) is 13.8 Å². The summed E-state index contributed by atoms with van der Waals surface area (Å²) < 4.78 is 73.3. The maximum absolute atomic E-state index is 14.5. The van der Waals surface area contributed by atoms with Gasteiger partial charge in [0.1, 0.15) is 17.3 Å². The van der Waals surface area contributed by atoms with E-state index in [0.717, 1.165) is 10.9 Å². The highest BCUT2D eigenvalue weighted by atomic mass is 32.2. The van der Waals surface area contributed by atoms with Crippen LogP contribution in [0.15, 0.2) is 41.6 Å². The number of aryl methyl sites for hydroxylation is 1. The van der Waals surface area contributed by atoms with E-state index in [0.29, 0.717) is 22.3 Å². The van der Waals surface area contributed by atoms with Crippen molar-refractivity contribution in [2.24, 2.45) is 0 Å². The number of halogens is 3. The first kappa shape index (κ1) is 26.2. The second-order valence-corrected chi connectivity index (χ2v) is 9.81. The van der Waals surface area contributed by atoms with Crippen LogP contribution in [0.3, 0.4) is 0 Å². The first-order valence-corrected chi connectivity index (χ1v) is 12.1. The first-order valence-electron chi connectivity index (χ1n) is 10.6. The number of nitrogens with zero attached hydrogens (tertiary/aromatic N) is 3. The van der Waals surface area contributed by atoms with E-state index in [-0.39, 0.29) is 28.8 Å². The van der Waals surface area contributed by atoms with Crippen molar-refractivity contribution in [2.45, 2.75) is 51.0 Å². The predicted octanol–water partition coefficient (Wildman–Crippen LogP) is 3.84. The van der Waals surface area contributed by atoms with Gasteiger partial charge < -0.3 is 4.74 Å². The van der Waals surface area contributed by atoms with Gasteiger partial charge in [0.25, 0.3) is 16.4 Å². The van der Waals surface area contributed by atoms with Crippen LogP contribution in [0.5, 0.6) is 5.88 Å². The van der Waals surface area contributed by atoms with E-state index in [2.05, 4.69) is 10.1 Å². The van der Waals surface area contributed by atoms with Crippen LogP contribution in [0, 0.1) is 12.7 Å². The monoisotopic (exact) mass is 510 g/mol. The van der Waals surface area contributed by atoms with Gasteiger partial charge in [-0.15, -0.1) is 0 Å². The average Bonchev–Trinajstić information content (AvgIpc) is 3.14. The number of sulfonamides is 1. The number of pyridine rings is 1. The number of methoxy groups -OCH3 is 1. The standard InChI is InChI=1S/C23H25F3N4O4S/c1-13(2)17-8-16(24)9-18(15-5-6-27-23(7-15)34-4)19(17)10-22(31)29-35(32,33)20-11-30(12-21(25)26)28-14(20)3/h5-9,11,13,21H,10,12H2,1-4H3,(H,29,31). The number of nitrogens with one attached hydrogen (secondary N) is 1. The molecular formula is C23H25F3N4O4S. The summed E-state index contributed by atoms with van der Waals surface area (Å²) in [7, 11) is -2.95. The Hall–Kier alpha value is -3.41. The van der Waals surface area contributed by atoms with Crippen molar-refractivity contribution in [3.05, 3.63) is 59.3 Å². The Morgan fingerprint density at radius 1 is 1.23 bits per heavy atom. The highest BCUT2D eigenvalue weighted by molar-refractivity contribution is 7.90. The fourth-order valence-corrected chi connectivity index (χ4v) is 4.89. The Balaban J connectivity index is 1.97. The summed E-state index contributed by atoms with van der Waals surface area (Å²) in [6.07, 6.45) is -0.680. The molecule has 0 aliphatic rings. The minimum Gasteiger partial charge on any atom is -0.481 e. The maximum Gasteiger partial charge on any atom is 0.267 e. The van der Waals surface area contributed by atoms with Crippen molar-refractivity contribution < 1.29 is 31.1 Å². The molecule has 0 saturated carbocycles. The molecule has 0 fully saturated rings. The van der Waals surface area contributed by atoms with E-state index in [1.54, 1.807) is 12.1 Å². The number of benzene rings is 1. The molecular weight excluding hydrogens is 485 g/mol. The second kappa shape index (κ2) is 10.5. The molecule has 0 unspecified atom stereocenters. The number of hydrogen-bond acceptors (Lipinski definition) is 6. The summed E-state index contributed by atoms with van der Waals surface area (Å²) in [5, 5.41) is 3.77. The molecule has 0 spiro atoms. The quantitative estimate of drug-likeness (QED) is 0.469. The van der Waals surface area contributed by atoms with Gasteiger partial charge in [0.15, 0.2) is 0 Å². The van der Waals surface area contributed by atoms with Crippen molar-refractivity contribution in [1.29, 1.82) is 0 Å². The minimum absolute atomic E-state index is 0.0276. The molecule has 3 rings (SSSR count). The molecule has 1 N–H and O–H groups in total. The van der Waals surface area contributed by atoms with E-state index >= 15 is 0 Å². The van der Waals surface area contributed by atoms with E-state index in [1.165, 1.54) is 32.4 Å². The third-order valence-corrected chi connectivity index (χ3v) is 6.70. The number of hydrogen-bond donors (Lipinski definition) is 1. The maximum atomic E-state index is 14.5. The van der Waals surface area contributed by atoms with E-state index < -0.39 is 34.7 Å². The molecule has 35 heavy (non-hydrogen) atoms. The zero-order chi connectivity index (χ0) is 25.9. The van der Waals surface area contributed by atoms with Gasteiger partial charge >= 0.3 is 0 Å².